The fraction of sp³-hybridized carbons (Fsp3) is 0. The summed E-state index contributed by atoms with van der Waals surface area (Å²) < 4.78 is 7.27. The number of nitriles is 1. The molecule has 0 bridgehead atoms. The van der Waals surface area contributed by atoms with Gasteiger partial charge in [0.2, 0.25) is 0 Å². The Balaban J connectivity index is 1.28. The van der Waals surface area contributed by atoms with E-state index in [2.05, 4.69) is 129 Å². The Kier molecular flexibility index (Phi) is 5.84. The summed E-state index contributed by atoms with van der Waals surface area (Å²) in [6.07, 6.45) is 0. The van der Waals surface area contributed by atoms with Crippen LogP contribution in [0.15, 0.2) is 146 Å². The number of benzene rings is 7. The van der Waals surface area contributed by atoms with Crippen molar-refractivity contribution in [2.24, 2.45) is 0 Å². The molecule has 226 valence electrons. The molecule has 0 radical (unpaired) electrons. The fourth-order valence-electron chi connectivity index (χ4n) is 7.65. The van der Waals surface area contributed by atoms with Crippen LogP contribution in [0.5, 0.6) is 0 Å². The molecule has 5 heteroatoms. The second-order valence-corrected chi connectivity index (χ2v) is 13.4. The number of para-hydroxylation sites is 3. The highest BCUT2D eigenvalue weighted by Crippen LogP contribution is 2.44. The second-order valence-electron chi connectivity index (χ2n) is 12.3. The molecule has 4 nitrogen and oxygen atoms in total. The van der Waals surface area contributed by atoms with Crippen LogP contribution in [-0.2, 0) is 0 Å². The number of hydrogen-bond donors (Lipinski definition) is 0. The molecule has 0 fully saturated rings. The average Bonchev–Trinajstić information content (AvgIpc) is 3.80. The lowest BCUT2D eigenvalue weighted by molar-refractivity contribution is 1.16. The molecule has 0 N–H and O–H groups in total. The van der Waals surface area contributed by atoms with Crippen molar-refractivity contribution < 1.29 is 0 Å². The molecule has 0 spiro atoms. The van der Waals surface area contributed by atoms with Crippen LogP contribution < -0.4 is 0 Å². The Labute approximate surface area is 285 Å². The molecule has 0 amide bonds. The molecule has 0 aliphatic heterocycles. The molecule has 10 aromatic rings. The van der Waals surface area contributed by atoms with Gasteiger partial charge < -0.3 is 9.13 Å². The first-order valence-corrected chi connectivity index (χ1v) is 16.9. The summed E-state index contributed by atoms with van der Waals surface area (Å²) in [5.41, 5.74) is 9.82. The third kappa shape index (κ3) is 3.95. The van der Waals surface area contributed by atoms with Crippen LogP contribution in [0.3, 0.4) is 0 Å². The van der Waals surface area contributed by atoms with Crippen molar-refractivity contribution in [3.05, 3.63) is 163 Å². The molecule has 0 atom stereocenters. The van der Waals surface area contributed by atoms with Gasteiger partial charge in [-0.2, -0.15) is 5.26 Å². The maximum Gasteiger partial charge on any atom is 0.188 e. The first-order chi connectivity index (χ1) is 24.2. The van der Waals surface area contributed by atoms with Gasteiger partial charge in [0.05, 0.1) is 51.6 Å². The van der Waals surface area contributed by atoms with Crippen molar-refractivity contribution >= 4 is 80.8 Å². The highest BCUT2D eigenvalue weighted by Gasteiger charge is 2.21. The van der Waals surface area contributed by atoms with Crippen LogP contribution in [0.2, 0.25) is 0 Å². The average molecular weight is 641 g/mol. The van der Waals surface area contributed by atoms with Gasteiger partial charge in [0.1, 0.15) is 0 Å². The molecule has 7 aromatic carbocycles. The number of fused-ring (bicyclic) bond motifs is 9. The molecule has 3 heterocycles. The predicted molar refractivity (Wildman–Crippen MR) is 204 cm³/mol. The van der Waals surface area contributed by atoms with E-state index in [4.69, 9.17) is 6.57 Å². The molecule has 49 heavy (non-hydrogen) atoms. The summed E-state index contributed by atoms with van der Waals surface area (Å²) in [6.45, 7) is 7.67. The van der Waals surface area contributed by atoms with Crippen molar-refractivity contribution in [2.45, 2.75) is 0 Å². The van der Waals surface area contributed by atoms with E-state index in [1.807, 2.05) is 47.7 Å². The van der Waals surface area contributed by atoms with Crippen LogP contribution in [0.1, 0.15) is 5.56 Å². The topological polar surface area (TPSA) is 38.0 Å². The van der Waals surface area contributed by atoms with Crippen molar-refractivity contribution in [3.63, 3.8) is 0 Å². The van der Waals surface area contributed by atoms with E-state index >= 15 is 0 Å². The molecule has 0 unspecified atom stereocenters. The zero-order valence-electron chi connectivity index (χ0n) is 26.1. The van der Waals surface area contributed by atoms with Gasteiger partial charge in [-0.1, -0.05) is 78.9 Å². The standard InChI is InChI=1S/C44H24N4S/c1-46-28-19-21-41-34(23-28)33-22-27(26-45)18-20-40(33)47(41)37-14-6-2-10-29(37)30-11-3-7-15-38(30)48-39-16-8-4-12-31(39)35-24-36-32-13-5-9-17-43(32)49-44(36)25-42(35)48/h2-25H. The summed E-state index contributed by atoms with van der Waals surface area (Å²) >= 11 is 1.84. The van der Waals surface area contributed by atoms with E-state index in [0.29, 0.717) is 11.3 Å². The van der Waals surface area contributed by atoms with Gasteiger partial charge in [-0.3, -0.25) is 0 Å². The number of aromatic nitrogens is 2. The minimum absolute atomic E-state index is 0.576. The first kappa shape index (κ1) is 27.5. The van der Waals surface area contributed by atoms with Crippen molar-refractivity contribution in [3.8, 4) is 28.6 Å². The van der Waals surface area contributed by atoms with E-state index in [-0.39, 0.29) is 0 Å². The van der Waals surface area contributed by atoms with Crippen LogP contribution in [0.4, 0.5) is 5.69 Å². The summed E-state index contributed by atoms with van der Waals surface area (Å²) in [5.74, 6) is 0. The Morgan fingerprint density at radius 2 is 1.08 bits per heavy atom. The minimum atomic E-state index is 0.576. The van der Waals surface area contributed by atoms with Gasteiger partial charge >= 0.3 is 0 Å². The Bertz CT molecular complexity index is 3010. The zero-order chi connectivity index (χ0) is 32.6. The third-order valence-corrected chi connectivity index (χ3v) is 10.9. The highest BCUT2D eigenvalue weighted by molar-refractivity contribution is 7.25. The third-order valence-electron chi connectivity index (χ3n) is 9.76. The number of nitrogens with zero attached hydrogens (tertiary/aromatic N) is 4. The molecule has 10 rings (SSSR count). The van der Waals surface area contributed by atoms with Crippen LogP contribution in [-0.4, -0.2) is 9.13 Å². The Morgan fingerprint density at radius 3 is 1.84 bits per heavy atom. The van der Waals surface area contributed by atoms with Crippen molar-refractivity contribution in [1.29, 1.82) is 5.26 Å². The number of thiophene rings is 1. The van der Waals surface area contributed by atoms with Gasteiger partial charge in [-0.15, -0.1) is 11.3 Å². The van der Waals surface area contributed by atoms with Crippen LogP contribution in [0.25, 0.3) is 91.1 Å². The minimum Gasteiger partial charge on any atom is -0.309 e. The van der Waals surface area contributed by atoms with E-state index < -0.39 is 0 Å². The molecule has 0 saturated carbocycles. The maximum absolute atomic E-state index is 9.75. The molecule has 3 aromatic heterocycles. The van der Waals surface area contributed by atoms with Gasteiger partial charge in [0.25, 0.3) is 0 Å². The van der Waals surface area contributed by atoms with Crippen molar-refractivity contribution in [2.75, 3.05) is 0 Å². The smallest absolute Gasteiger partial charge is 0.188 e. The Morgan fingerprint density at radius 1 is 0.490 bits per heavy atom. The van der Waals surface area contributed by atoms with Crippen LogP contribution >= 0.6 is 11.3 Å². The van der Waals surface area contributed by atoms with Gasteiger partial charge in [-0.25, -0.2) is 4.85 Å². The van der Waals surface area contributed by atoms with Gasteiger partial charge in [0.15, 0.2) is 5.69 Å². The lowest BCUT2D eigenvalue weighted by Crippen LogP contribution is -2.01. The normalized spacial score (nSPS) is 11.6. The van der Waals surface area contributed by atoms with Gasteiger partial charge in [0, 0.05) is 47.5 Å². The summed E-state index contributed by atoms with van der Waals surface area (Å²) in [6, 6.07) is 53.3. The van der Waals surface area contributed by atoms with E-state index in [9.17, 15) is 5.26 Å². The summed E-state index contributed by atoms with van der Waals surface area (Å²) in [7, 11) is 0. The lowest BCUT2D eigenvalue weighted by Gasteiger charge is -2.18. The van der Waals surface area contributed by atoms with Crippen molar-refractivity contribution in [1.82, 2.24) is 9.13 Å². The largest absolute Gasteiger partial charge is 0.309 e. The zero-order valence-corrected chi connectivity index (χ0v) is 26.9. The van der Waals surface area contributed by atoms with Gasteiger partial charge in [-0.05, 0) is 72.1 Å². The Hall–Kier alpha value is -6.66. The molecule has 0 aliphatic carbocycles. The van der Waals surface area contributed by atoms with Crippen LogP contribution in [0, 0.1) is 17.9 Å². The summed E-state index contributed by atoms with van der Waals surface area (Å²) in [5, 5.41) is 16.7. The fourth-order valence-corrected chi connectivity index (χ4v) is 8.77. The quantitative estimate of drug-likeness (QED) is 0.177. The first-order valence-electron chi connectivity index (χ1n) is 16.1. The number of hydrogen-bond acceptors (Lipinski definition) is 2. The number of rotatable bonds is 3. The predicted octanol–water partition coefficient (Wildman–Crippen LogP) is 12.3. The van der Waals surface area contributed by atoms with E-state index in [0.717, 1.165) is 49.8 Å². The SMILES string of the molecule is [C-]#[N+]c1ccc2c(c1)c1cc(C#N)ccc1n2-c1ccccc1-c1ccccc1-n1c2ccccc2c2cc3c(cc21)sc1ccccc13. The molecule has 0 aliphatic rings. The summed E-state index contributed by atoms with van der Waals surface area (Å²) in [4.78, 5) is 3.71. The van der Waals surface area contributed by atoms with E-state index in [1.165, 1.54) is 36.5 Å². The molecular formula is C44H24N4S. The highest BCUT2D eigenvalue weighted by atomic mass is 32.1. The molecular weight excluding hydrogens is 617 g/mol. The van der Waals surface area contributed by atoms with E-state index in [1.54, 1.807) is 0 Å². The molecule has 0 saturated heterocycles. The lowest BCUT2D eigenvalue weighted by atomic mass is 10.0. The maximum atomic E-state index is 9.75. The monoisotopic (exact) mass is 640 g/mol. The second kappa shape index (κ2) is 10.4.